The summed E-state index contributed by atoms with van der Waals surface area (Å²) in [4.78, 5) is 19.0. The number of aromatic nitrogens is 3. The van der Waals surface area contributed by atoms with Gasteiger partial charge in [-0.2, -0.15) is 5.10 Å². The van der Waals surface area contributed by atoms with Gasteiger partial charge in [-0.15, -0.1) is 11.3 Å². The van der Waals surface area contributed by atoms with E-state index >= 15 is 0 Å². The normalized spacial score (nSPS) is 10.8. The third kappa shape index (κ3) is 4.02. The van der Waals surface area contributed by atoms with Gasteiger partial charge in [-0.1, -0.05) is 60.7 Å². The molecule has 0 atom stereocenters. The summed E-state index contributed by atoms with van der Waals surface area (Å²) in [5, 5.41) is 9.97. The van der Waals surface area contributed by atoms with Crippen LogP contribution in [-0.2, 0) is 13.0 Å². The zero-order valence-electron chi connectivity index (χ0n) is 15.5. The number of rotatable bonds is 6. The second-order valence-corrected chi connectivity index (χ2v) is 7.53. The van der Waals surface area contributed by atoms with E-state index in [4.69, 9.17) is 0 Å². The van der Waals surface area contributed by atoms with Crippen LogP contribution in [-0.4, -0.2) is 33.0 Å². The summed E-state index contributed by atoms with van der Waals surface area (Å²) in [5.41, 5.74) is 4.64. The Balaban J connectivity index is 1.46. The predicted octanol–water partition coefficient (Wildman–Crippen LogP) is 4.40. The van der Waals surface area contributed by atoms with Crippen LogP contribution in [0.2, 0.25) is 0 Å². The summed E-state index contributed by atoms with van der Waals surface area (Å²) in [7, 11) is 1.79. The first-order valence-corrected chi connectivity index (χ1v) is 9.90. The molecule has 1 N–H and O–H groups in total. The summed E-state index contributed by atoms with van der Waals surface area (Å²) in [6, 6.07) is 20.1. The molecule has 4 aromatic rings. The van der Waals surface area contributed by atoms with Crippen LogP contribution in [0.4, 0.5) is 0 Å². The van der Waals surface area contributed by atoms with Crippen LogP contribution < -0.4 is 0 Å². The smallest absolute Gasteiger partial charge is 0.273 e. The Morgan fingerprint density at radius 1 is 1.07 bits per heavy atom. The van der Waals surface area contributed by atoms with Gasteiger partial charge in [-0.25, -0.2) is 4.98 Å². The summed E-state index contributed by atoms with van der Waals surface area (Å²) >= 11 is 1.52. The maximum absolute atomic E-state index is 12.8. The number of carbonyl (C=O) groups excluding carboxylic acids is 1. The molecule has 0 aliphatic heterocycles. The highest BCUT2D eigenvalue weighted by atomic mass is 32.1. The van der Waals surface area contributed by atoms with Gasteiger partial charge in [0.1, 0.15) is 5.69 Å². The van der Waals surface area contributed by atoms with Gasteiger partial charge in [0, 0.05) is 31.0 Å². The Labute approximate surface area is 167 Å². The van der Waals surface area contributed by atoms with Crippen LogP contribution in [0, 0.1) is 0 Å². The Bertz CT molecular complexity index is 1060. The van der Waals surface area contributed by atoms with Crippen molar-refractivity contribution in [2.45, 2.75) is 13.0 Å². The number of hydrogen-bond donors (Lipinski definition) is 1. The van der Waals surface area contributed by atoms with E-state index in [2.05, 4.69) is 27.3 Å². The fourth-order valence-corrected chi connectivity index (χ4v) is 3.87. The van der Waals surface area contributed by atoms with Crippen LogP contribution in [0.25, 0.3) is 11.3 Å². The van der Waals surface area contributed by atoms with Crippen LogP contribution in [0.1, 0.15) is 26.6 Å². The standard InChI is InChI=1S/C22H20N4OS/c1-26(14-18-13-23-25-21(18)17-10-6-3-7-11-17)22(27)19-15-28-20(24-19)12-16-8-4-2-5-9-16/h2-11,13,15H,12,14H2,1H3,(H,23,25). The monoisotopic (exact) mass is 388 g/mol. The molecule has 5 nitrogen and oxygen atoms in total. The van der Waals surface area contributed by atoms with Gasteiger partial charge in [0.25, 0.3) is 5.91 Å². The first-order chi connectivity index (χ1) is 13.7. The maximum Gasteiger partial charge on any atom is 0.273 e. The molecule has 140 valence electrons. The SMILES string of the molecule is CN(Cc1cn[nH]c1-c1ccccc1)C(=O)c1csc(Cc2ccccc2)n1. The molecule has 1 amide bonds. The van der Waals surface area contributed by atoms with E-state index in [0.717, 1.165) is 28.2 Å². The third-order valence-corrected chi connectivity index (χ3v) is 5.35. The molecule has 0 bridgehead atoms. The predicted molar refractivity (Wildman–Crippen MR) is 111 cm³/mol. The van der Waals surface area contributed by atoms with Gasteiger partial charge in [0.15, 0.2) is 0 Å². The lowest BCUT2D eigenvalue weighted by atomic mass is 10.1. The number of benzene rings is 2. The largest absolute Gasteiger partial charge is 0.336 e. The molecule has 0 saturated heterocycles. The number of thiazole rings is 1. The topological polar surface area (TPSA) is 61.9 Å². The molecule has 4 rings (SSSR count). The van der Waals surface area contributed by atoms with Crippen molar-refractivity contribution in [3.63, 3.8) is 0 Å². The average molecular weight is 388 g/mol. The molecule has 0 aliphatic rings. The minimum Gasteiger partial charge on any atom is -0.336 e. The fraction of sp³-hybridized carbons (Fsp3) is 0.136. The van der Waals surface area contributed by atoms with Crippen molar-refractivity contribution < 1.29 is 4.79 Å². The Morgan fingerprint density at radius 3 is 2.54 bits per heavy atom. The van der Waals surface area contributed by atoms with E-state index in [-0.39, 0.29) is 5.91 Å². The third-order valence-electron chi connectivity index (χ3n) is 4.50. The van der Waals surface area contributed by atoms with E-state index in [9.17, 15) is 4.79 Å². The second-order valence-electron chi connectivity index (χ2n) is 6.59. The van der Waals surface area contributed by atoms with Crippen LogP contribution >= 0.6 is 11.3 Å². The maximum atomic E-state index is 12.8. The van der Waals surface area contributed by atoms with E-state index in [1.165, 1.54) is 16.9 Å². The highest BCUT2D eigenvalue weighted by Gasteiger charge is 2.18. The van der Waals surface area contributed by atoms with Crippen molar-refractivity contribution in [2.24, 2.45) is 0 Å². The van der Waals surface area contributed by atoms with Gasteiger partial charge in [-0.3, -0.25) is 9.89 Å². The lowest BCUT2D eigenvalue weighted by Gasteiger charge is -2.16. The molecule has 2 heterocycles. The van der Waals surface area contributed by atoms with Gasteiger partial charge in [0.2, 0.25) is 0 Å². The van der Waals surface area contributed by atoms with E-state index < -0.39 is 0 Å². The average Bonchev–Trinajstić information content (AvgIpc) is 3.38. The number of aromatic amines is 1. The lowest BCUT2D eigenvalue weighted by Crippen LogP contribution is -2.26. The zero-order valence-corrected chi connectivity index (χ0v) is 16.3. The van der Waals surface area contributed by atoms with Gasteiger partial charge >= 0.3 is 0 Å². The van der Waals surface area contributed by atoms with E-state index in [0.29, 0.717) is 12.2 Å². The molecule has 0 spiro atoms. The molecule has 0 aliphatic carbocycles. The minimum absolute atomic E-state index is 0.0872. The lowest BCUT2D eigenvalue weighted by molar-refractivity contribution is 0.0780. The van der Waals surface area contributed by atoms with Gasteiger partial charge in [-0.05, 0) is 11.1 Å². The molecule has 2 aromatic carbocycles. The van der Waals surface area contributed by atoms with Gasteiger partial charge in [0.05, 0.1) is 16.9 Å². The van der Waals surface area contributed by atoms with E-state index in [1.54, 1.807) is 18.1 Å². The molecule has 6 heteroatoms. The van der Waals surface area contributed by atoms with Gasteiger partial charge < -0.3 is 4.90 Å². The van der Waals surface area contributed by atoms with E-state index in [1.807, 2.05) is 53.9 Å². The van der Waals surface area contributed by atoms with Crippen molar-refractivity contribution in [1.29, 1.82) is 0 Å². The molecular weight excluding hydrogens is 368 g/mol. The highest BCUT2D eigenvalue weighted by molar-refractivity contribution is 7.09. The van der Waals surface area contributed by atoms with Crippen LogP contribution in [0.3, 0.4) is 0 Å². The fourth-order valence-electron chi connectivity index (χ4n) is 3.07. The number of carbonyl (C=O) groups is 1. The van der Waals surface area contributed by atoms with Crippen molar-refractivity contribution in [1.82, 2.24) is 20.1 Å². The van der Waals surface area contributed by atoms with Crippen LogP contribution in [0.5, 0.6) is 0 Å². The molecule has 28 heavy (non-hydrogen) atoms. The summed E-state index contributed by atoms with van der Waals surface area (Å²) < 4.78 is 0. The Morgan fingerprint density at radius 2 is 1.79 bits per heavy atom. The number of nitrogens with zero attached hydrogens (tertiary/aromatic N) is 3. The van der Waals surface area contributed by atoms with Crippen molar-refractivity contribution in [3.05, 3.63) is 94.1 Å². The quantitative estimate of drug-likeness (QED) is 0.533. The van der Waals surface area contributed by atoms with Crippen LogP contribution in [0.15, 0.2) is 72.2 Å². The van der Waals surface area contributed by atoms with Crippen molar-refractivity contribution >= 4 is 17.2 Å². The Hall–Kier alpha value is -3.25. The van der Waals surface area contributed by atoms with Crippen molar-refractivity contribution in [3.8, 4) is 11.3 Å². The first-order valence-electron chi connectivity index (χ1n) is 9.02. The molecule has 2 aromatic heterocycles. The number of hydrogen-bond acceptors (Lipinski definition) is 4. The number of H-pyrrole nitrogens is 1. The highest BCUT2D eigenvalue weighted by Crippen LogP contribution is 2.22. The molecule has 0 fully saturated rings. The molecule has 0 radical (unpaired) electrons. The second kappa shape index (κ2) is 8.19. The summed E-state index contributed by atoms with van der Waals surface area (Å²) in [6.07, 6.45) is 2.51. The molecular formula is C22H20N4OS. The molecule has 0 unspecified atom stereocenters. The molecule has 0 saturated carbocycles. The number of amides is 1. The zero-order chi connectivity index (χ0) is 19.3. The van der Waals surface area contributed by atoms with Crippen molar-refractivity contribution in [2.75, 3.05) is 7.05 Å². The first kappa shape index (κ1) is 18.1. The summed E-state index contributed by atoms with van der Waals surface area (Å²) in [5.74, 6) is -0.0872. The number of nitrogens with one attached hydrogen (secondary N) is 1. The minimum atomic E-state index is -0.0872. The summed E-state index contributed by atoms with van der Waals surface area (Å²) in [6.45, 7) is 0.463. The Kier molecular flexibility index (Phi) is 5.30.